The van der Waals surface area contributed by atoms with Crippen LogP contribution in [-0.2, 0) is 21.3 Å². The number of nitrogen functional groups attached to an aromatic ring is 1. The van der Waals surface area contributed by atoms with Crippen molar-refractivity contribution in [2.75, 3.05) is 32.0 Å². The quantitative estimate of drug-likeness (QED) is 0.731. The van der Waals surface area contributed by atoms with Crippen molar-refractivity contribution in [2.45, 2.75) is 18.4 Å². The summed E-state index contributed by atoms with van der Waals surface area (Å²) in [6.45, 7) is 4.47. The highest BCUT2D eigenvalue weighted by Gasteiger charge is 2.24. The Morgan fingerprint density at radius 2 is 2.17 bits per heavy atom. The van der Waals surface area contributed by atoms with E-state index in [2.05, 4.69) is 9.93 Å². The minimum Gasteiger partial charge on any atom is -0.381 e. The molecule has 1 fully saturated rings. The minimum atomic E-state index is -3.67. The van der Waals surface area contributed by atoms with Gasteiger partial charge >= 0.3 is 0 Å². The smallest absolute Gasteiger partial charge is 0.258 e. The summed E-state index contributed by atoms with van der Waals surface area (Å²) in [6.07, 6.45) is 1.43. The van der Waals surface area contributed by atoms with Gasteiger partial charge in [0.2, 0.25) is 0 Å². The number of nitrogens with two attached hydrogens (primary N) is 1. The number of hydrogen-bond acceptors (Lipinski definition) is 6. The largest absolute Gasteiger partial charge is 0.381 e. The lowest BCUT2D eigenvalue weighted by Gasteiger charge is -2.26. The summed E-state index contributed by atoms with van der Waals surface area (Å²) in [5.74, 6) is 0.0117. The van der Waals surface area contributed by atoms with Gasteiger partial charge in [-0.1, -0.05) is 0 Å². The Morgan fingerprint density at radius 3 is 2.72 bits per heavy atom. The third-order valence-corrected chi connectivity index (χ3v) is 4.02. The van der Waals surface area contributed by atoms with Crippen molar-refractivity contribution >= 4 is 15.8 Å². The van der Waals surface area contributed by atoms with E-state index in [1.165, 1.54) is 10.9 Å². The molecule has 0 amide bonds. The van der Waals surface area contributed by atoms with E-state index >= 15 is 0 Å². The minimum absolute atomic E-state index is 0.0100. The molecule has 2 heterocycles. The third kappa shape index (κ3) is 2.80. The van der Waals surface area contributed by atoms with Crippen LogP contribution in [0.25, 0.3) is 0 Å². The fourth-order valence-electron chi connectivity index (χ4n) is 1.66. The third-order valence-electron chi connectivity index (χ3n) is 2.63. The lowest BCUT2D eigenvalue weighted by atomic mass is 10.5. The summed E-state index contributed by atoms with van der Waals surface area (Å²) in [6, 6.07) is 0. The summed E-state index contributed by atoms with van der Waals surface area (Å²) >= 11 is 0. The molecule has 8 nitrogen and oxygen atoms in total. The summed E-state index contributed by atoms with van der Waals surface area (Å²) in [5.41, 5.74) is 5.61. The number of aromatic nitrogens is 2. The molecule has 9 heteroatoms. The highest BCUT2D eigenvalue weighted by molar-refractivity contribution is 7.89. The van der Waals surface area contributed by atoms with Gasteiger partial charge in [-0.05, 0) is 6.92 Å². The van der Waals surface area contributed by atoms with Crippen LogP contribution in [0.3, 0.4) is 0 Å². The number of hydrazine groups is 1. The van der Waals surface area contributed by atoms with E-state index in [4.69, 9.17) is 10.5 Å². The zero-order valence-corrected chi connectivity index (χ0v) is 11.0. The Kier molecular flexibility index (Phi) is 3.85. The van der Waals surface area contributed by atoms with Crippen molar-refractivity contribution in [3.8, 4) is 0 Å². The first-order chi connectivity index (χ1) is 8.53. The highest BCUT2D eigenvalue weighted by atomic mass is 32.2. The SMILES string of the molecule is CCn1cc(S(=O)(=O)NN2CCOCC2)c(N)n1. The molecule has 0 aromatic carbocycles. The van der Waals surface area contributed by atoms with E-state index in [-0.39, 0.29) is 10.7 Å². The molecule has 0 radical (unpaired) electrons. The highest BCUT2D eigenvalue weighted by Crippen LogP contribution is 2.16. The van der Waals surface area contributed by atoms with Crippen molar-refractivity contribution in [3.63, 3.8) is 0 Å². The zero-order chi connectivity index (χ0) is 13.2. The second-order valence-corrected chi connectivity index (χ2v) is 5.56. The average molecular weight is 275 g/mol. The van der Waals surface area contributed by atoms with Crippen LogP contribution < -0.4 is 10.6 Å². The fraction of sp³-hybridized carbons (Fsp3) is 0.667. The first-order valence-corrected chi connectivity index (χ1v) is 7.19. The van der Waals surface area contributed by atoms with Gasteiger partial charge in [-0.2, -0.15) is 5.10 Å². The molecule has 1 aromatic rings. The Balaban J connectivity index is 2.16. The number of ether oxygens (including phenoxy) is 1. The number of anilines is 1. The topological polar surface area (TPSA) is 102 Å². The maximum atomic E-state index is 12.1. The molecule has 1 aliphatic rings. The molecule has 0 saturated carbocycles. The molecule has 18 heavy (non-hydrogen) atoms. The standard InChI is InChI=1S/C9H17N5O3S/c1-2-13-7-8(9(10)11-13)18(15,16)12-14-3-5-17-6-4-14/h7,12H,2-6H2,1H3,(H2,10,11). The maximum absolute atomic E-state index is 12.1. The molecular formula is C9H17N5O3S. The predicted molar refractivity (Wildman–Crippen MR) is 65.0 cm³/mol. The summed E-state index contributed by atoms with van der Waals surface area (Å²) in [7, 11) is -3.67. The zero-order valence-electron chi connectivity index (χ0n) is 10.2. The van der Waals surface area contributed by atoms with Crippen LogP contribution in [0.1, 0.15) is 6.92 Å². The predicted octanol–water partition coefficient (Wildman–Crippen LogP) is -0.989. The molecule has 0 unspecified atom stereocenters. The van der Waals surface area contributed by atoms with Crippen LogP contribution in [0.2, 0.25) is 0 Å². The molecule has 0 spiro atoms. The Labute approximate surface area is 106 Å². The number of nitrogens with zero attached hydrogens (tertiary/aromatic N) is 3. The van der Waals surface area contributed by atoms with E-state index in [0.717, 1.165) is 0 Å². The molecule has 1 aliphatic heterocycles. The molecule has 102 valence electrons. The number of aryl methyl sites for hydroxylation is 1. The summed E-state index contributed by atoms with van der Waals surface area (Å²) in [5, 5.41) is 5.52. The van der Waals surface area contributed by atoms with Gasteiger partial charge in [-0.15, -0.1) is 4.83 Å². The number of morpholine rings is 1. The normalized spacial score (nSPS) is 18.1. The van der Waals surface area contributed by atoms with Crippen LogP contribution in [0.5, 0.6) is 0 Å². The molecule has 1 aromatic heterocycles. The van der Waals surface area contributed by atoms with Gasteiger partial charge in [0.25, 0.3) is 10.0 Å². The van der Waals surface area contributed by atoms with E-state index in [0.29, 0.717) is 32.8 Å². The van der Waals surface area contributed by atoms with E-state index < -0.39 is 10.0 Å². The van der Waals surface area contributed by atoms with E-state index in [1.807, 2.05) is 6.92 Å². The van der Waals surface area contributed by atoms with Gasteiger partial charge in [-0.25, -0.2) is 13.4 Å². The second kappa shape index (κ2) is 5.22. The van der Waals surface area contributed by atoms with Crippen molar-refractivity contribution < 1.29 is 13.2 Å². The molecule has 0 bridgehead atoms. The first-order valence-electron chi connectivity index (χ1n) is 5.71. The van der Waals surface area contributed by atoms with Gasteiger partial charge in [0.15, 0.2) is 5.82 Å². The van der Waals surface area contributed by atoms with Gasteiger partial charge in [0.05, 0.1) is 13.2 Å². The van der Waals surface area contributed by atoms with Crippen LogP contribution >= 0.6 is 0 Å². The molecule has 1 saturated heterocycles. The number of rotatable bonds is 4. The molecule has 0 atom stereocenters. The van der Waals surface area contributed by atoms with E-state index in [9.17, 15) is 8.42 Å². The number of sulfonamides is 1. The molecule has 2 rings (SSSR count). The fourth-order valence-corrected chi connectivity index (χ4v) is 2.86. The van der Waals surface area contributed by atoms with E-state index in [1.54, 1.807) is 5.01 Å². The maximum Gasteiger partial charge on any atom is 0.258 e. The second-order valence-electron chi connectivity index (χ2n) is 3.93. The van der Waals surface area contributed by atoms with Crippen LogP contribution in [0, 0.1) is 0 Å². The molecule has 0 aliphatic carbocycles. The van der Waals surface area contributed by atoms with Crippen molar-refractivity contribution in [2.24, 2.45) is 0 Å². The average Bonchev–Trinajstić information content (AvgIpc) is 2.72. The van der Waals surface area contributed by atoms with Crippen molar-refractivity contribution in [1.82, 2.24) is 19.6 Å². The lowest BCUT2D eigenvalue weighted by molar-refractivity contribution is 0.0272. The van der Waals surface area contributed by atoms with Gasteiger partial charge in [-0.3, -0.25) is 4.68 Å². The number of nitrogens with one attached hydrogen (secondary N) is 1. The van der Waals surface area contributed by atoms with Gasteiger partial charge < -0.3 is 10.5 Å². The summed E-state index contributed by atoms with van der Waals surface area (Å²) in [4.78, 5) is 2.49. The lowest BCUT2D eigenvalue weighted by Crippen LogP contribution is -2.48. The van der Waals surface area contributed by atoms with Crippen molar-refractivity contribution in [1.29, 1.82) is 0 Å². The summed E-state index contributed by atoms with van der Waals surface area (Å²) < 4.78 is 30.9. The first kappa shape index (κ1) is 13.3. The van der Waals surface area contributed by atoms with Crippen molar-refractivity contribution in [3.05, 3.63) is 6.20 Å². The van der Waals surface area contributed by atoms with Crippen LogP contribution in [0.15, 0.2) is 11.1 Å². The van der Waals surface area contributed by atoms with Crippen LogP contribution in [-0.4, -0.2) is 49.5 Å². The Bertz CT molecular complexity index is 506. The monoisotopic (exact) mass is 275 g/mol. The van der Waals surface area contributed by atoms with Crippen LogP contribution in [0.4, 0.5) is 5.82 Å². The van der Waals surface area contributed by atoms with Gasteiger partial charge in [0.1, 0.15) is 4.90 Å². The Hall–Kier alpha value is -1.16. The van der Waals surface area contributed by atoms with Gasteiger partial charge in [0, 0.05) is 25.8 Å². The number of hydrogen-bond donors (Lipinski definition) is 2. The Morgan fingerprint density at radius 1 is 1.50 bits per heavy atom. The molecular weight excluding hydrogens is 258 g/mol. The molecule has 3 N–H and O–H groups in total.